The van der Waals surface area contributed by atoms with Crippen molar-refractivity contribution >= 4 is 50.6 Å². The maximum atomic E-state index is 12.0. The van der Waals surface area contributed by atoms with Gasteiger partial charge in [-0.05, 0) is 34.1 Å². The zero-order valence-electron chi connectivity index (χ0n) is 11.7. The van der Waals surface area contributed by atoms with Gasteiger partial charge in [-0.2, -0.15) is 5.10 Å². The fourth-order valence-corrected chi connectivity index (χ4v) is 2.52. The zero-order chi connectivity index (χ0) is 16.2. The molecule has 7 heteroatoms. The van der Waals surface area contributed by atoms with Crippen LogP contribution in [0.1, 0.15) is 15.9 Å². The van der Waals surface area contributed by atoms with Gasteiger partial charge in [0.25, 0.3) is 5.91 Å². The fraction of sp³-hybridized carbons (Fsp3) is 0. The number of fused-ring (bicyclic) bond motifs is 1. The molecule has 0 unspecified atom stereocenters. The molecule has 1 aromatic carbocycles. The minimum atomic E-state index is -0.361. The van der Waals surface area contributed by atoms with E-state index < -0.39 is 0 Å². The Kier molecular flexibility index (Phi) is 4.64. The maximum absolute atomic E-state index is 12.0. The number of benzene rings is 1. The topological polar surface area (TPSA) is 67.2 Å². The summed E-state index contributed by atoms with van der Waals surface area (Å²) in [6.07, 6.45) is 4.52. The highest BCUT2D eigenvalue weighted by atomic mass is 79.9. The zero-order valence-corrected chi connectivity index (χ0v) is 14.0. The summed E-state index contributed by atoms with van der Waals surface area (Å²) in [6.45, 7) is 0. The van der Waals surface area contributed by atoms with Gasteiger partial charge in [-0.25, -0.2) is 10.4 Å². The van der Waals surface area contributed by atoms with Gasteiger partial charge in [-0.1, -0.05) is 29.8 Å². The molecule has 1 amide bonds. The van der Waals surface area contributed by atoms with Gasteiger partial charge in [0.1, 0.15) is 5.15 Å². The van der Waals surface area contributed by atoms with Crippen molar-refractivity contribution in [2.45, 2.75) is 0 Å². The van der Waals surface area contributed by atoms with Crippen LogP contribution >= 0.6 is 27.5 Å². The molecular formula is C16H10BrClN4O. The normalized spacial score (nSPS) is 11.0. The molecule has 114 valence electrons. The number of halogens is 2. The Morgan fingerprint density at radius 2 is 2.09 bits per heavy atom. The van der Waals surface area contributed by atoms with Crippen LogP contribution in [0.3, 0.4) is 0 Å². The standard InChI is InChI=1S/C16H10BrClN4O/c17-13-6-12(7-19-9-13)16(23)22-20-8-11-5-10-3-1-2-4-14(10)21-15(11)18/h1-9H,(H,22,23)/b20-8+. The molecule has 0 bridgehead atoms. The van der Waals surface area contributed by atoms with Crippen LogP contribution in [0.4, 0.5) is 0 Å². The first kappa shape index (κ1) is 15.6. The summed E-state index contributed by atoms with van der Waals surface area (Å²) in [5.41, 5.74) is 4.26. The molecule has 0 aliphatic rings. The van der Waals surface area contributed by atoms with Gasteiger partial charge in [0.15, 0.2) is 0 Å². The second kappa shape index (κ2) is 6.85. The second-order valence-corrected chi connectivity index (χ2v) is 5.93. The highest BCUT2D eigenvalue weighted by molar-refractivity contribution is 9.10. The molecular weight excluding hydrogens is 380 g/mol. The Hall–Kier alpha value is -2.31. The fourth-order valence-electron chi connectivity index (χ4n) is 1.96. The molecule has 0 fully saturated rings. The Labute approximate surface area is 145 Å². The van der Waals surface area contributed by atoms with E-state index in [4.69, 9.17) is 11.6 Å². The molecule has 3 aromatic rings. The van der Waals surface area contributed by atoms with Crippen LogP contribution < -0.4 is 5.43 Å². The van der Waals surface area contributed by atoms with Gasteiger partial charge >= 0.3 is 0 Å². The average Bonchev–Trinajstić information content (AvgIpc) is 2.55. The Morgan fingerprint density at radius 3 is 2.91 bits per heavy atom. The smallest absolute Gasteiger partial charge is 0.267 e. The van der Waals surface area contributed by atoms with E-state index in [1.807, 2.05) is 30.3 Å². The predicted octanol–water partition coefficient (Wildman–Crippen LogP) is 3.81. The molecule has 2 aromatic heterocycles. The van der Waals surface area contributed by atoms with Crippen molar-refractivity contribution in [1.29, 1.82) is 0 Å². The maximum Gasteiger partial charge on any atom is 0.272 e. The average molecular weight is 390 g/mol. The summed E-state index contributed by atoms with van der Waals surface area (Å²) in [7, 11) is 0. The lowest BCUT2D eigenvalue weighted by Crippen LogP contribution is -2.17. The molecule has 1 N–H and O–H groups in total. The molecule has 5 nitrogen and oxygen atoms in total. The Morgan fingerprint density at radius 1 is 1.26 bits per heavy atom. The summed E-state index contributed by atoms with van der Waals surface area (Å²) in [5.74, 6) is -0.361. The molecule has 0 aliphatic carbocycles. The van der Waals surface area contributed by atoms with Crippen molar-refractivity contribution in [2.24, 2.45) is 5.10 Å². The minimum absolute atomic E-state index is 0.325. The van der Waals surface area contributed by atoms with Crippen molar-refractivity contribution in [2.75, 3.05) is 0 Å². The quantitative estimate of drug-likeness (QED) is 0.421. The third-order valence-electron chi connectivity index (χ3n) is 3.04. The summed E-state index contributed by atoms with van der Waals surface area (Å²) in [4.78, 5) is 20.2. The lowest BCUT2D eigenvalue weighted by Gasteiger charge is -2.02. The van der Waals surface area contributed by atoms with Crippen molar-refractivity contribution < 1.29 is 4.79 Å². The Bertz CT molecular complexity index is 913. The van der Waals surface area contributed by atoms with Gasteiger partial charge in [0.05, 0.1) is 17.3 Å². The molecule has 0 radical (unpaired) electrons. The number of hydrogen-bond donors (Lipinski definition) is 1. The van der Waals surface area contributed by atoms with Crippen molar-refractivity contribution in [3.63, 3.8) is 0 Å². The van der Waals surface area contributed by atoms with Crippen LogP contribution in [0.5, 0.6) is 0 Å². The van der Waals surface area contributed by atoms with Crippen LogP contribution in [0.15, 0.2) is 58.4 Å². The van der Waals surface area contributed by atoms with Crippen LogP contribution in [0.2, 0.25) is 5.15 Å². The van der Waals surface area contributed by atoms with E-state index in [1.54, 1.807) is 12.3 Å². The van der Waals surface area contributed by atoms with Crippen molar-refractivity contribution in [1.82, 2.24) is 15.4 Å². The van der Waals surface area contributed by atoms with E-state index in [0.717, 1.165) is 15.4 Å². The molecule has 2 heterocycles. The first-order valence-corrected chi connectivity index (χ1v) is 7.80. The summed E-state index contributed by atoms with van der Waals surface area (Å²) >= 11 is 9.39. The van der Waals surface area contributed by atoms with Gasteiger partial charge in [-0.3, -0.25) is 9.78 Å². The second-order valence-electron chi connectivity index (χ2n) is 4.65. The number of carbonyl (C=O) groups excluding carboxylic acids is 1. The number of pyridine rings is 2. The lowest BCUT2D eigenvalue weighted by atomic mass is 10.2. The molecule has 3 rings (SSSR count). The van der Waals surface area contributed by atoms with Gasteiger partial charge in [-0.15, -0.1) is 0 Å². The van der Waals surface area contributed by atoms with Gasteiger partial charge in [0.2, 0.25) is 0 Å². The summed E-state index contributed by atoms with van der Waals surface area (Å²) in [6, 6.07) is 11.1. The van der Waals surface area contributed by atoms with Crippen LogP contribution in [0, 0.1) is 0 Å². The van der Waals surface area contributed by atoms with E-state index in [0.29, 0.717) is 16.3 Å². The molecule has 0 atom stereocenters. The van der Waals surface area contributed by atoms with Crippen LogP contribution in [-0.4, -0.2) is 22.1 Å². The number of hydrogen-bond acceptors (Lipinski definition) is 4. The van der Waals surface area contributed by atoms with Gasteiger partial charge in [0, 0.05) is 27.8 Å². The van der Waals surface area contributed by atoms with Crippen molar-refractivity contribution in [3.05, 3.63) is 69.5 Å². The summed E-state index contributed by atoms with van der Waals surface area (Å²) in [5, 5.41) is 5.19. The van der Waals surface area contributed by atoms with Crippen LogP contribution in [0.25, 0.3) is 10.9 Å². The van der Waals surface area contributed by atoms with E-state index in [1.165, 1.54) is 12.4 Å². The highest BCUT2D eigenvalue weighted by Gasteiger charge is 2.06. The SMILES string of the molecule is O=C(N/N=C/c1cc2ccccc2nc1Cl)c1cncc(Br)c1. The number of hydrazone groups is 1. The number of para-hydroxylation sites is 1. The predicted molar refractivity (Wildman–Crippen MR) is 93.8 cm³/mol. The molecule has 0 aliphatic heterocycles. The lowest BCUT2D eigenvalue weighted by molar-refractivity contribution is 0.0954. The van der Waals surface area contributed by atoms with Crippen molar-refractivity contribution in [3.8, 4) is 0 Å². The van der Waals surface area contributed by atoms with Gasteiger partial charge < -0.3 is 0 Å². The number of rotatable bonds is 3. The number of amides is 1. The number of aromatic nitrogens is 2. The number of nitrogens with one attached hydrogen (secondary N) is 1. The highest BCUT2D eigenvalue weighted by Crippen LogP contribution is 2.18. The molecule has 23 heavy (non-hydrogen) atoms. The third-order valence-corrected chi connectivity index (χ3v) is 3.78. The largest absolute Gasteiger partial charge is 0.272 e. The van der Waals surface area contributed by atoms with Crippen LogP contribution in [-0.2, 0) is 0 Å². The summed E-state index contributed by atoms with van der Waals surface area (Å²) < 4.78 is 0.718. The number of carbonyl (C=O) groups is 1. The third kappa shape index (κ3) is 3.72. The molecule has 0 saturated heterocycles. The van der Waals surface area contributed by atoms with E-state index in [9.17, 15) is 4.79 Å². The minimum Gasteiger partial charge on any atom is -0.267 e. The van der Waals surface area contributed by atoms with E-state index >= 15 is 0 Å². The van der Waals surface area contributed by atoms with E-state index in [-0.39, 0.29) is 5.91 Å². The van der Waals surface area contributed by atoms with E-state index in [2.05, 4.69) is 36.4 Å². The molecule has 0 spiro atoms. The number of nitrogens with zero attached hydrogens (tertiary/aromatic N) is 3. The first-order chi connectivity index (χ1) is 11.1. The first-order valence-electron chi connectivity index (χ1n) is 6.63. The molecule has 0 saturated carbocycles. The monoisotopic (exact) mass is 388 g/mol. The Balaban J connectivity index is 1.78.